The van der Waals surface area contributed by atoms with Crippen LogP contribution in [0, 0.1) is 5.82 Å². The lowest BCUT2D eigenvalue weighted by molar-refractivity contribution is -0.143. The zero-order chi connectivity index (χ0) is 14.0. The van der Waals surface area contributed by atoms with Crippen LogP contribution in [-0.4, -0.2) is 34.5 Å². The molecule has 19 heavy (non-hydrogen) atoms. The Hall–Kier alpha value is -2.11. The second-order valence-corrected chi connectivity index (χ2v) is 4.58. The van der Waals surface area contributed by atoms with Gasteiger partial charge < -0.3 is 15.7 Å². The molecule has 0 aliphatic carbocycles. The molecule has 1 atom stereocenters. The summed E-state index contributed by atoms with van der Waals surface area (Å²) >= 11 is 0. The fourth-order valence-electron chi connectivity index (χ4n) is 2.27. The summed E-state index contributed by atoms with van der Waals surface area (Å²) in [6, 6.07) is 2.86. The number of halogens is 1. The summed E-state index contributed by atoms with van der Waals surface area (Å²) < 4.78 is 13.1. The zero-order valence-electron chi connectivity index (χ0n) is 10.3. The highest BCUT2D eigenvalue weighted by Crippen LogP contribution is 2.21. The Morgan fingerprint density at radius 2 is 2.11 bits per heavy atom. The maximum atomic E-state index is 13.1. The molecule has 3 N–H and O–H groups in total. The molecule has 1 fully saturated rings. The molecule has 6 heteroatoms. The Kier molecular flexibility index (Phi) is 3.69. The molecule has 1 aliphatic heterocycles. The van der Waals surface area contributed by atoms with Crippen LogP contribution in [0.2, 0.25) is 0 Å². The van der Waals surface area contributed by atoms with Crippen LogP contribution in [0.1, 0.15) is 29.6 Å². The zero-order valence-corrected chi connectivity index (χ0v) is 10.3. The molecular weight excluding hydrogens is 251 g/mol. The molecule has 1 saturated heterocycles. The van der Waals surface area contributed by atoms with Gasteiger partial charge in [0.15, 0.2) is 0 Å². The van der Waals surface area contributed by atoms with Gasteiger partial charge in [0, 0.05) is 12.1 Å². The molecule has 0 spiro atoms. The number of aliphatic carboxylic acids is 1. The third-order valence-electron chi connectivity index (χ3n) is 3.29. The largest absolute Gasteiger partial charge is 0.480 e. The molecule has 0 saturated carbocycles. The highest BCUT2D eigenvalue weighted by Gasteiger charge is 2.32. The summed E-state index contributed by atoms with van der Waals surface area (Å²) in [5.41, 5.74) is 5.52. The van der Waals surface area contributed by atoms with E-state index in [0.717, 1.165) is 18.9 Å². The molecule has 1 heterocycles. The topological polar surface area (TPSA) is 83.6 Å². The molecule has 2 rings (SSSR count). The standard InChI is InChI=1S/C13H15FN2O3/c14-9-5-4-8(7-10(9)15)12(17)16-6-2-1-3-11(16)13(18)19/h4-5,7,11H,1-3,6,15H2,(H,18,19). The summed E-state index contributed by atoms with van der Waals surface area (Å²) in [7, 11) is 0. The predicted octanol–water partition coefficient (Wildman–Crippen LogP) is 1.49. The number of rotatable bonds is 2. The summed E-state index contributed by atoms with van der Waals surface area (Å²) in [6.45, 7) is 0.396. The van der Waals surface area contributed by atoms with Gasteiger partial charge in [-0.15, -0.1) is 0 Å². The number of anilines is 1. The summed E-state index contributed by atoms with van der Waals surface area (Å²) in [5, 5.41) is 9.12. The monoisotopic (exact) mass is 266 g/mol. The number of carboxylic acid groups (broad SMARTS) is 1. The molecule has 5 nitrogen and oxygen atoms in total. The van der Waals surface area contributed by atoms with E-state index in [-0.39, 0.29) is 11.3 Å². The summed E-state index contributed by atoms with van der Waals surface area (Å²) in [5.74, 6) is -2.02. The number of nitrogens with two attached hydrogens (primary N) is 1. The first-order chi connectivity index (χ1) is 9.00. The van der Waals surface area contributed by atoms with Crippen molar-refractivity contribution in [3.8, 4) is 0 Å². The van der Waals surface area contributed by atoms with Crippen LogP contribution in [0.3, 0.4) is 0 Å². The number of carboxylic acids is 1. The van der Waals surface area contributed by atoms with E-state index >= 15 is 0 Å². The molecule has 1 aliphatic rings. The Morgan fingerprint density at radius 1 is 1.37 bits per heavy atom. The van der Waals surface area contributed by atoms with Crippen molar-refractivity contribution >= 4 is 17.6 Å². The van der Waals surface area contributed by atoms with Gasteiger partial charge in [-0.2, -0.15) is 0 Å². The van der Waals surface area contributed by atoms with E-state index in [1.165, 1.54) is 17.0 Å². The molecule has 1 aromatic carbocycles. The van der Waals surface area contributed by atoms with Crippen molar-refractivity contribution < 1.29 is 19.1 Å². The second kappa shape index (κ2) is 5.26. The smallest absolute Gasteiger partial charge is 0.326 e. The van der Waals surface area contributed by atoms with Gasteiger partial charge in [-0.25, -0.2) is 9.18 Å². The second-order valence-electron chi connectivity index (χ2n) is 4.58. The molecule has 0 radical (unpaired) electrons. The van der Waals surface area contributed by atoms with Crippen molar-refractivity contribution in [2.45, 2.75) is 25.3 Å². The summed E-state index contributed by atoms with van der Waals surface area (Å²) in [6.07, 6.45) is 2.00. The minimum Gasteiger partial charge on any atom is -0.480 e. The number of hydrogen-bond donors (Lipinski definition) is 2. The van der Waals surface area contributed by atoms with E-state index in [0.29, 0.717) is 13.0 Å². The van der Waals surface area contributed by atoms with Gasteiger partial charge >= 0.3 is 5.97 Å². The Bertz CT molecular complexity index is 519. The van der Waals surface area contributed by atoms with Crippen molar-refractivity contribution in [2.75, 3.05) is 12.3 Å². The highest BCUT2D eigenvalue weighted by molar-refractivity contribution is 5.97. The number of likely N-dealkylation sites (tertiary alicyclic amines) is 1. The Balaban J connectivity index is 2.26. The third-order valence-corrected chi connectivity index (χ3v) is 3.29. The fourth-order valence-corrected chi connectivity index (χ4v) is 2.27. The summed E-state index contributed by atoms with van der Waals surface area (Å²) in [4.78, 5) is 24.7. The average Bonchev–Trinajstić information content (AvgIpc) is 2.41. The maximum Gasteiger partial charge on any atom is 0.326 e. The molecule has 102 valence electrons. The lowest BCUT2D eigenvalue weighted by Crippen LogP contribution is -2.48. The van der Waals surface area contributed by atoms with Crippen molar-refractivity contribution in [1.82, 2.24) is 4.90 Å². The first kappa shape index (κ1) is 13.3. The lowest BCUT2D eigenvalue weighted by Gasteiger charge is -2.33. The van der Waals surface area contributed by atoms with E-state index in [1.807, 2.05) is 0 Å². The molecule has 1 unspecified atom stereocenters. The van der Waals surface area contributed by atoms with Crippen molar-refractivity contribution in [3.05, 3.63) is 29.6 Å². The minimum absolute atomic E-state index is 0.116. The average molecular weight is 266 g/mol. The Morgan fingerprint density at radius 3 is 2.74 bits per heavy atom. The minimum atomic E-state index is -1.01. The quantitative estimate of drug-likeness (QED) is 0.794. The van der Waals surface area contributed by atoms with E-state index in [9.17, 15) is 14.0 Å². The maximum absolute atomic E-state index is 13.1. The highest BCUT2D eigenvalue weighted by atomic mass is 19.1. The number of amides is 1. The van der Waals surface area contributed by atoms with Crippen molar-refractivity contribution in [3.63, 3.8) is 0 Å². The number of piperidine rings is 1. The lowest BCUT2D eigenvalue weighted by atomic mass is 10.0. The van der Waals surface area contributed by atoms with Crippen LogP contribution in [0.15, 0.2) is 18.2 Å². The van der Waals surface area contributed by atoms with Crippen LogP contribution in [-0.2, 0) is 4.79 Å². The SMILES string of the molecule is Nc1cc(C(=O)N2CCCCC2C(=O)O)ccc1F. The number of hydrogen-bond acceptors (Lipinski definition) is 3. The fraction of sp³-hybridized carbons (Fsp3) is 0.385. The van der Waals surface area contributed by atoms with Gasteiger partial charge in [0.25, 0.3) is 5.91 Å². The third kappa shape index (κ3) is 2.67. The van der Waals surface area contributed by atoms with Crippen LogP contribution in [0.25, 0.3) is 0 Å². The van der Waals surface area contributed by atoms with E-state index in [1.54, 1.807) is 0 Å². The van der Waals surface area contributed by atoms with E-state index in [4.69, 9.17) is 10.8 Å². The van der Waals surface area contributed by atoms with Crippen molar-refractivity contribution in [1.29, 1.82) is 0 Å². The van der Waals surface area contributed by atoms with Crippen LogP contribution >= 0.6 is 0 Å². The first-order valence-electron chi connectivity index (χ1n) is 6.09. The number of nitrogens with zero attached hydrogens (tertiary/aromatic N) is 1. The van der Waals surface area contributed by atoms with Crippen LogP contribution in [0.4, 0.5) is 10.1 Å². The number of nitrogen functional groups attached to an aromatic ring is 1. The predicted molar refractivity (Wildman–Crippen MR) is 67.1 cm³/mol. The number of benzene rings is 1. The Labute approximate surface area is 109 Å². The molecule has 1 aromatic rings. The molecular formula is C13H15FN2O3. The molecule has 0 bridgehead atoms. The van der Waals surface area contributed by atoms with Gasteiger partial charge in [-0.3, -0.25) is 4.79 Å². The van der Waals surface area contributed by atoms with Gasteiger partial charge in [-0.05, 0) is 37.5 Å². The van der Waals surface area contributed by atoms with Gasteiger partial charge in [-0.1, -0.05) is 0 Å². The normalized spacial score (nSPS) is 19.2. The van der Waals surface area contributed by atoms with Gasteiger partial charge in [0.2, 0.25) is 0 Å². The molecule has 1 amide bonds. The van der Waals surface area contributed by atoms with Crippen LogP contribution < -0.4 is 5.73 Å². The van der Waals surface area contributed by atoms with Gasteiger partial charge in [0.1, 0.15) is 11.9 Å². The van der Waals surface area contributed by atoms with Gasteiger partial charge in [0.05, 0.1) is 5.69 Å². The number of carbonyl (C=O) groups is 2. The van der Waals surface area contributed by atoms with E-state index < -0.39 is 23.7 Å². The van der Waals surface area contributed by atoms with E-state index in [2.05, 4.69) is 0 Å². The first-order valence-corrected chi connectivity index (χ1v) is 6.09. The van der Waals surface area contributed by atoms with Crippen molar-refractivity contribution in [2.24, 2.45) is 0 Å². The van der Waals surface area contributed by atoms with Crippen LogP contribution in [0.5, 0.6) is 0 Å². The molecule has 0 aromatic heterocycles. The number of carbonyl (C=O) groups excluding carboxylic acids is 1.